The summed E-state index contributed by atoms with van der Waals surface area (Å²) in [6.07, 6.45) is 5.59. The topological polar surface area (TPSA) is 66.5 Å². The minimum atomic E-state index is -3.48. The van der Waals surface area contributed by atoms with Crippen LogP contribution >= 0.6 is 0 Å². The number of nitrogens with zero attached hydrogens (tertiary/aromatic N) is 1. The molecule has 1 aromatic carbocycles. The zero-order valence-corrected chi connectivity index (χ0v) is 17.2. The second-order valence-corrected chi connectivity index (χ2v) is 9.01. The first kappa shape index (κ1) is 20.5. The molecule has 0 atom stereocenters. The van der Waals surface area contributed by atoms with Crippen LogP contribution in [-0.2, 0) is 14.8 Å². The first-order chi connectivity index (χ1) is 12.2. The highest BCUT2D eigenvalue weighted by atomic mass is 32.2. The van der Waals surface area contributed by atoms with Gasteiger partial charge in [0, 0.05) is 19.5 Å². The van der Waals surface area contributed by atoms with E-state index in [0.29, 0.717) is 12.5 Å². The minimum absolute atomic E-state index is 0.133. The van der Waals surface area contributed by atoms with E-state index >= 15 is 0 Å². The van der Waals surface area contributed by atoms with Gasteiger partial charge in [-0.25, -0.2) is 8.42 Å². The zero-order valence-electron chi connectivity index (χ0n) is 16.4. The molecule has 0 saturated heterocycles. The molecule has 0 radical (unpaired) electrons. The lowest BCUT2D eigenvalue weighted by Crippen LogP contribution is -2.37. The lowest BCUT2D eigenvalue weighted by atomic mass is 10.0. The maximum atomic E-state index is 12.5. The molecule has 1 fully saturated rings. The zero-order chi connectivity index (χ0) is 19.5. The minimum Gasteiger partial charge on any atom is -0.356 e. The van der Waals surface area contributed by atoms with Gasteiger partial charge in [0.25, 0.3) is 0 Å². The summed E-state index contributed by atoms with van der Waals surface area (Å²) >= 11 is 0. The first-order valence-electron chi connectivity index (χ1n) is 9.21. The van der Waals surface area contributed by atoms with Crippen molar-refractivity contribution in [2.75, 3.05) is 23.7 Å². The molecule has 2 rings (SSSR count). The van der Waals surface area contributed by atoms with E-state index < -0.39 is 10.0 Å². The van der Waals surface area contributed by atoms with E-state index in [0.717, 1.165) is 40.1 Å². The molecular formula is C20H30N2O3S. The van der Waals surface area contributed by atoms with E-state index in [1.54, 1.807) is 0 Å². The number of sulfonamides is 1. The van der Waals surface area contributed by atoms with Gasteiger partial charge in [0.2, 0.25) is 15.9 Å². The molecular weight excluding hydrogens is 348 g/mol. The maximum absolute atomic E-state index is 12.5. The van der Waals surface area contributed by atoms with Crippen LogP contribution in [0.3, 0.4) is 0 Å². The predicted octanol–water partition coefficient (Wildman–Crippen LogP) is 1.85. The van der Waals surface area contributed by atoms with Crippen molar-refractivity contribution >= 4 is 33.3 Å². The van der Waals surface area contributed by atoms with E-state index in [-0.39, 0.29) is 18.9 Å². The standard InChI is InChI=1S/C20H30N2O3S/c1-6-15-12-18(16-8-9-16)19(13-17(15)14(3)4)22(26(5,24)25)11-10-20(23)21-7-2/h6,12-13,16H,7-11H2,1-5H3,(H,21,23). The van der Waals surface area contributed by atoms with Crippen LogP contribution in [0.2, 0.25) is 0 Å². The average Bonchev–Trinajstić information content (AvgIpc) is 3.38. The van der Waals surface area contributed by atoms with Gasteiger partial charge in [-0.2, -0.15) is 0 Å². The van der Waals surface area contributed by atoms with E-state index in [2.05, 4.69) is 17.5 Å². The largest absolute Gasteiger partial charge is 0.356 e. The maximum Gasteiger partial charge on any atom is 0.232 e. The van der Waals surface area contributed by atoms with E-state index in [1.807, 2.05) is 33.8 Å². The van der Waals surface area contributed by atoms with Gasteiger partial charge in [0.05, 0.1) is 11.9 Å². The number of carbonyl (C=O) groups is 1. The fraction of sp³-hybridized carbons (Fsp3) is 0.550. The van der Waals surface area contributed by atoms with E-state index in [1.165, 1.54) is 10.6 Å². The lowest BCUT2D eigenvalue weighted by Gasteiger charge is -2.25. The van der Waals surface area contributed by atoms with Crippen molar-refractivity contribution in [1.29, 1.82) is 0 Å². The number of hydrogen-bond acceptors (Lipinski definition) is 3. The monoisotopic (exact) mass is 378 g/mol. The molecule has 5 nitrogen and oxygen atoms in total. The van der Waals surface area contributed by atoms with Crippen LogP contribution in [-0.4, -0.2) is 33.7 Å². The highest BCUT2D eigenvalue weighted by Crippen LogP contribution is 2.44. The third-order valence-electron chi connectivity index (χ3n) is 4.65. The van der Waals surface area contributed by atoms with Crippen molar-refractivity contribution in [3.8, 4) is 0 Å². The molecule has 0 heterocycles. The number of benzene rings is 1. The fourth-order valence-corrected chi connectivity index (χ4v) is 4.12. The molecule has 1 amide bonds. The summed E-state index contributed by atoms with van der Waals surface area (Å²) in [5.74, 6) is 0.273. The van der Waals surface area contributed by atoms with Gasteiger partial charge in [0.15, 0.2) is 0 Å². The Labute approximate surface area is 156 Å². The van der Waals surface area contributed by atoms with Crippen LogP contribution in [0.1, 0.15) is 58.4 Å². The Kier molecular flexibility index (Phi) is 6.50. The highest BCUT2D eigenvalue weighted by Gasteiger charge is 2.30. The summed E-state index contributed by atoms with van der Waals surface area (Å²) in [6.45, 7) is 8.61. The SMILES string of the molecule is CC=c1cc(C2CC2)c(N(CCC(=O)NCC)S(C)(=O)=O)cc1=C(C)C. The van der Waals surface area contributed by atoms with Gasteiger partial charge < -0.3 is 5.32 Å². The van der Waals surface area contributed by atoms with Crippen molar-refractivity contribution in [2.24, 2.45) is 0 Å². The molecule has 1 aliphatic carbocycles. The molecule has 0 aromatic heterocycles. The normalized spacial score (nSPS) is 15.0. The molecule has 0 unspecified atom stereocenters. The molecule has 0 bridgehead atoms. The summed E-state index contributed by atoms with van der Waals surface area (Å²) < 4.78 is 26.4. The Morgan fingerprint density at radius 2 is 1.96 bits per heavy atom. The Morgan fingerprint density at radius 1 is 1.31 bits per heavy atom. The summed E-state index contributed by atoms with van der Waals surface area (Å²) in [6, 6.07) is 4.11. The van der Waals surface area contributed by atoms with Crippen LogP contribution in [0.15, 0.2) is 12.1 Å². The van der Waals surface area contributed by atoms with Crippen molar-refractivity contribution in [1.82, 2.24) is 5.32 Å². The smallest absolute Gasteiger partial charge is 0.232 e. The third-order valence-corrected chi connectivity index (χ3v) is 5.83. The molecule has 26 heavy (non-hydrogen) atoms. The molecule has 144 valence electrons. The highest BCUT2D eigenvalue weighted by molar-refractivity contribution is 7.92. The molecule has 0 aliphatic heterocycles. The van der Waals surface area contributed by atoms with Gasteiger partial charge in [-0.3, -0.25) is 9.10 Å². The molecule has 1 saturated carbocycles. The van der Waals surface area contributed by atoms with Crippen molar-refractivity contribution in [2.45, 2.75) is 52.9 Å². The molecule has 1 aliphatic rings. The predicted molar refractivity (Wildman–Crippen MR) is 108 cm³/mol. The van der Waals surface area contributed by atoms with Gasteiger partial charge in [-0.15, -0.1) is 0 Å². The van der Waals surface area contributed by atoms with Crippen molar-refractivity contribution in [3.63, 3.8) is 0 Å². The number of anilines is 1. The van der Waals surface area contributed by atoms with E-state index in [4.69, 9.17) is 0 Å². The second-order valence-electron chi connectivity index (χ2n) is 7.10. The average molecular weight is 379 g/mol. The molecule has 1 aromatic rings. The van der Waals surface area contributed by atoms with Crippen molar-refractivity contribution < 1.29 is 13.2 Å². The summed E-state index contributed by atoms with van der Waals surface area (Å²) in [7, 11) is -3.48. The summed E-state index contributed by atoms with van der Waals surface area (Å²) in [5.41, 5.74) is 2.93. The third kappa shape index (κ3) is 4.87. The fourth-order valence-electron chi connectivity index (χ4n) is 3.19. The summed E-state index contributed by atoms with van der Waals surface area (Å²) in [4.78, 5) is 11.9. The van der Waals surface area contributed by atoms with Gasteiger partial charge in [-0.1, -0.05) is 11.6 Å². The number of carbonyl (C=O) groups excluding carboxylic acids is 1. The summed E-state index contributed by atoms with van der Waals surface area (Å²) in [5, 5.41) is 4.92. The van der Waals surface area contributed by atoms with Crippen molar-refractivity contribution in [3.05, 3.63) is 28.1 Å². The molecule has 1 N–H and O–H groups in total. The van der Waals surface area contributed by atoms with Gasteiger partial charge >= 0.3 is 0 Å². The Bertz CT molecular complexity index is 896. The second kappa shape index (κ2) is 8.25. The number of hydrogen-bond donors (Lipinski definition) is 1. The molecule has 6 heteroatoms. The number of amides is 1. The van der Waals surface area contributed by atoms with Gasteiger partial charge in [-0.05, 0) is 74.6 Å². The lowest BCUT2D eigenvalue weighted by molar-refractivity contribution is -0.120. The first-order valence-corrected chi connectivity index (χ1v) is 11.1. The number of nitrogens with one attached hydrogen (secondary N) is 1. The Balaban J connectivity index is 2.58. The van der Waals surface area contributed by atoms with E-state index in [9.17, 15) is 13.2 Å². The Hall–Kier alpha value is -1.82. The van der Waals surface area contributed by atoms with Gasteiger partial charge in [0.1, 0.15) is 0 Å². The van der Waals surface area contributed by atoms with Crippen LogP contribution in [0.5, 0.6) is 0 Å². The van der Waals surface area contributed by atoms with Crippen LogP contribution < -0.4 is 20.1 Å². The molecule has 0 spiro atoms. The quantitative estimate of drug-likeness (QED) is 0.787. The van der Waals surface area contributed by atoms with Crippen LogP contribution in [0, 0.1) is 0 Å². The van der Waals surface area contributed by atoms with Crippen LogP contribution in [0.4, 0.5) is 5.69 Å². The Morgan fingerprint density at radius 3 is 2.42 bits per heavy atom. The number of rotatable bonds is 7. The van der Waals surface area contributed by atoms with Crippen LogP contribution in [0.25, 0.3) is 11.6 Å².